The summed E-state index contributed by atoms with van der Waals surface area (Å²) in [4.78, 5) is 4.98. The maximum atomic E-state index is 4.98. The lowest BCUT2D eigenvalue weighted by molar-refractivity contribution is 1.05. The van der Waals surface area contributed by atoms with Gasteiger partial charge in [-0.05, 0) is 60.0 Å². The zero-order valence-electron chi connectivity index (χ0n) is 19.0. The number of imidazole rings is 1. The molecule has 0 aliphatic carbocycles. The first-order valence-electron chi connectivity index (χ1n) is 11.2. The normalized spacial score (nSPS) is 11.3. The number of fused-ring (bicyclic) bond motifs is 1. The molecular formula is C31H26N2. The van der Waals surface area contributed by atoms with Gasteiger partial charge >= 0.3 is 0 Å². The largest absolute Gasteiger partial charge is 0.293 e. The van der Waals surface area contributed by atoms with Gasteiger partial charge in [-0.1, -0.05) is 97.1 Å². The highest BCUT2D eigenvalue weighted by atomic mass is 15.1. The zero-order valence-corrected chi connectivity index (χ0v) is 19.0. The summed E-state index contributed by atoms with van der Waals surface area (Å²) in [5, 5.41) is 2.44. The van der Waals surface area contributed by atoms with E-state index in [1.165, 1.54) is 27.5 Å². The van der Waals surface area contributed by atoms with Crippen LogP contribution in [0.15, 0.2) is 110 Å². The minimum Gasteiger partial charge on any atom is -0.293 e. The number of hydrogen-bond donors (Lipinski definition) is 0. The first kappa shape index (κ1) is 20.7. The van der Waals surface area contributed by atoms with E-state index in [4.69, 9.17) is 4.98 Å². The van der Waals surface area contributed by atoms with Crippen LogP contribution in [0.4, 0.5) is 0 Å². The Morgan fingerprint density at radius 1 is 0.727 bits per heavy atom. The molecule has 0 saturated carbocycles. The molecule has 0 atom stereocenters. The van der Waals surface area contributed by atoms with E-state index in [1.54, 1.807) is 6.08 Å². The van der Waals surface area contributed by atoms with Crippen molar-refractivity contribution >= 4 is 16.8 Å². The molecule has 0 radical (unpaired) electrons. The van der Waals surface area contributed by atoms with Gasteiger partial charge in [-0.25, -0.2) is 4.98 Å². The third kappa shape index (κ3) is 4.04. The van der Waals surface area contributed by atoms with E-state index in [0.29, 0.717) is 0 Å². The highest BCUT2D eigenvalue weighted by molar-refractivity contribution is 5.87. The lowest BCUT2D eigenvalue weighted by atomic mass is 10.0. The Morgan fingerprint density at radius 2 is 1.36 bits per heavy atom. The quantitative estimate of drug-likeness (QED) is 0.259. The Hall–Kier alpha value is -4.17. The first-order valence-corrected chi connectivity index (χ1v) is 11.2. The molecule has 5 rings (SSSR count). The number of benzene rings is 4. The van der Waals surface area contributed by atoms with Crippen molar-refractivity contribution in [2.24, 2.45) is 0 Å². The second-order valence-electron chi connectivity index (χ2n) is 8.31. The number of nitrogens with zero attached hydrogens (tertiary/aromatic N) is 2. The minimum atomic E-state index is 0.935. The molecule has 0 N–H and O–H groups in total. The van der Waals surface area contributed by atoms with Gasteiger partial charge in [0.1, 0.15) is 5.82 Å². The summed E-state index contributed by atoms with van der Waals surface area (Å²) in [5.74, 6) is 0.935. The summed E-state index contributed by atoms with van der Waals surface area (Å²) >= 11 is 0. The van der Waals surface area contributed by atoms with Crippen molar-refractivity contribution in [1.82, 2.24) is 9.55 Å². The van der Waals surface area contributed by atoms with Crippen LogP contribution >= 0.6 is 0 Å². The Bertz CT molecular complexity index is 1470. The van der Waals surface area contributed by atoms with Gasteiger partial charge < -0.3 is 0 Å². The van der Waals surface area contributed by atoms with Gasteiger partial charge in [0, 0.05) is 11.3 Å². The SMILES string of the molecule is C=C/C=C\c1c(C)nc(-c2ccc3ccccc3c2)n1-c1ccc(-c2ccc(C)cc2)cc1. The fraction of sp³-hybridized carbons (Fsp3) is 0.0645. The van der Waals surface area contributed by atoms with Gasteiger partial charge in [-0.3, -0.25) is 4.57 Å². The molecule has 0 fully saturated rings. The van der Waals surface area contributed by atoms with Crippen LogP contribution in [0.1, 0.15) is 17.0 Å². The van der Waals surface area contributed by atoms with E-state index in [0.717, 1.165) is 28.5 Å². The van der Waals surface area contributed by atoms with E-state index in [2.05, 4.69) is 122 Å². The van der Waals surface area contributed by atoms with Gasteiger partial charge in [-0.15, -0.1) is 0 Å². The fourth-order valence-corrected chi connectivity index (χ4v) is 4.23. The lowest BCUT2D eigenvalue weighted by Crippen LogP contribution is -2.00. The Kier molecular flexibility index (Phi) is 5.50. The first-order chi connectivity index (χ1) is 16.1. The fourth-order valence-electron chi connectivity index (χ4n) is 4.23. The van der Waals surface area contributed by atoms with Crippen LogP contribution in [0.25, 0.3) is 45.1 Å². The number of rotatable bonds is 5. The van der Waals surface area contributed by atoms with Gasteiger partial charge in [0.25, 0.3) is 0 Å². The van der Waals surface area contributed by atoms with Crippen molar-refractivity contribution < 1.29 is 0 Å². The molecule has 160 valence electrons. The van der Waals surface area contributed by atoms with Crippen molar-refractivity contribution in [2.45, 2.75) is 13.8 Å². The standard InChI is InChI=1S/C31H26N2/c1-4-5-10-30-23(3)32-31(28-16-15-24-8-6-7-9-27(24)21-28)33(30)29-19-17-26(18-20-29)25-13-11-22(2)12-14-25/h4-21H,1H2,2-3H3/b10-5-. The summed E-state index contributed by atoms with van der Waals surface area (Å²) in [7, 11) is 0. The number of aryl methyl sites for hydroxylation is 2. The van der Waals surface area contributed by atoms with Crippen LogP contribution in [-0.2, 0) is 0 Å². The molecule has 0 aliphatic heterocycles. The molecule has 0 bridgehead atoms. The van der Waals surface area contributed by atoms with Gasteiger partial charge in [-0.2, -0.15) is 0 Å². The van der Waals surface area contributed by atoms with Crippen LogP contribution in [0.2, 0.25) is 0 Å². The Labute approximate surface area is 195 Å². The van der Waals surface area contributed by atoms with Gasteiger partial charge in [0.05, 0.1) is 11.4 Å². The van der Waals surface area contributed by atoms with Crippen LogP contribution in [0, 0.1) is 13.8 Å². The highest BCUT2D eigenvalue weighted by Crippen LogP contribution is 2.31. The van der Waals surface area contributed by atoms with Crippen molar-refractivity contribution in [1.29, 1.82) is 0 Å². The molecule has 2 nitrogen and oxygen atoms in total. The predicted octanol–water partition coefficient (Wildman–Crippen LogP) is 8.18. The van der Waals surface area contributed by atoms with Gasteiger partial charge in [0.2, 0.25) is 0 Å². The topological polar surface area (TPSA) is 17.8 Å². The van der Waals surface area contributed by atoms with E-state index >= 15 is 0 Å². The molecule has 1 heterocycles. The van der Waals surface area contributed by atoms with Crippen molar-refractivity contribution in [3.05, 3.63) is 127 Å². The molecule has 33 heavy (non-hydrogen) atoms. The molecule has 0 saturated heterocycles. The molecule has 4 aromatic carbocycles. The molecule has 0 spiro atoms. The Morgan fingerprint density at radius 3 is 2.06 bits per heavy atom. The maximum absolute atomic E-state index is 4.98. The molecule has 5 aromatic rings. The monoisotopic (exact) mass is 426 g/mol. The third-order valence-corrected chi connectivity index (χ3v) is 6.01. The summed E-state index contributed by atoms with van der Waals surface area (Å²) in [5.41, 5.74) is 7.90. The Balaban J connectivity index is 1.65. The smallest absolute Gasteiger partial charge is 0.145 e. The van der Waals surface area contributed by atoms with Crippen LogP contribution in [0.3, 0.4) is 0 Å². The van der Waals surface area contributed by atoms with Crippen molar-refractivity contribution in [2.75, 3.05) is 0 Å². The van der Waals surface area contributed by atoms with E-state index in [1.807, 2.05) is 6.08 Å². The molecule has 0 aliphatic rings. The van der Waals surface area contributed by atoms with Crippen molar-refractivity contribution in [3.63, 3.8) is 0 Å². The van der Waals surface area contributed by atoms with E-state index in [-0.39, 0.29) is 0 Å². The highest BCUT2D eigenvalue weighted by Gasteiger charge is 2.16. The average molecular weight is 427 g/mol. The van der Waals surface area contributed by atoms with Crippen LogP contribution in [0.5, 0.6) is 0 Å². The van der Waals surface area contributed by atoms with Gasteiger partial charge in [0.15, 0.2) is 0 Å². The molecule has 2 heteroatoms. The van der Waals surface area contributed by atoms with Crippen LogP contribution in [-0.4, -0.2) is 9.55 Å². The van der Waals surface area contributed by atoms with Crippen molar-refractivity contribution in [3.8, 4) is 28.2 Å². The second-order valence-corrected chi connectivity index (χ2v) is 8.31. The summed E-state index contributed by atoms with van der Waals surface area (Å²) < 4.78 is 2.23. The summed E-state index contributed by atoms with van der Waals surface area (Å²) in [6.45, 7) is 8.01. The third-order valence-electron chi connectivity index (χ3n) is 6.01. The van der Waals surface area contributed by atoms with E-state index < -0.39 is 0 Å². The number of aromatic nitrogens is 2. The maximum Gasteiger partial charge on any atom is 0.145 e. The average Bonchev–Trinajstić information content (AvgIpc) is 3.19. The predicted molar refractivity (Wildman–Crippen MR) is 141 cm³/mol. The second kappa shape index (κ2) is 8.76. The summed E-state index contributed by atoms with van der Waals surface area (Å²) in [6, 6.07) is 32.3. The van der Waals surface area contributed by atoms with Crippen LogP contribution < -0.4 is 0 Å². The lowest BCUT2D eigenvalue weighted by Gasteiger charge is -2.13. The number of allylic oxidation sites excluding steroid dienone is 2. The summed E-state index contributed by atoms with van der Waals surface area (Å²) in [6.07, 6.45) is 5.84. The van der Waals surface area contributed by atoms with E-state index in [9.17, 15) is 0 Å². The molecule has 0 unspecified atom stereocenters. The molecule has 1 aromatic heterocycles. The minimum absolute atomic E-state index is 0.935. The molecule has 0 amide bonds. The number of hydrogen-bond acceptors (Lipinski definition) is 1. The molecular weight excluding hydrogens is 400 g/mol. The zero-order chi connectivity index (χ0) is 22.8.